The molecule has 0 bridgehead atoms. The van der Waals surface area contributed by atoms with Crippen molar-refractivity contribution in [1.82, 2.24) is 10.2 Å². The van der Waals surface area contributed by atoms with E-state index in [0.29, 0.717) is 5.56 Å². The van der Waals surface area contributed by atoms with Gasteiger partial charge in [0.25, 0.3) is 10.0 Å². The van der Waals surface area contributed by atoms with Crippen molar-refractivity contribution in [3.8, 4) is 0 Å². The van der Waals surface area contributed by atoms with E-state index in [4.69, 9.17) is 34.8 Å². The minimum absolute atomic E-state index is 0.0284. The van der Waals surface area contributed by atoms with Crippen LogP contribution in [0.3, 0.4) is 0 Å². The van der Waals surface area contributed by atoms with Gasteiger partial charge in [-0.15, -0.1) is 0 Å². The second-order valence-corrected chi connectivity index (χ2v) is 14.4. The highest BCUT2D eigenvalue weighted by molar-refractivity contribution is 7.92. The number of carbonyl (C=O) groups is 2. The van der Waals surface area contributed by atoms with Gasteiger partial charge in [0.05, 0.1) is 15.6 Å². The van der Waals surface area contributed by atoms with Crippen LogP contribution in [0.4, 0.5) is 10.1 Å². The Balaban J connectivity index is 1.60. The number of carbonyl (C=O) groups excluding carboxylic acids is 2. The van der Waals surface area contributed by atoms with Crippen molar-refractivity contribution < 1.29 is 22.4 Å². The molecule has 1 unspecified atom stereocenters. The van der Waals surface area contributed by atoms with Gasteiger partial charge in [-0.25, -0.2) is 12.8 Å². The lowest BCUT2D eigenvalue weighted by Gasteiger charge is -2.34. The molecule has 246 valence electrons. The number of sulfonamides is 1. The normalized spacial score (nSPS) is 14.0. The lowest BCUT2D eigenvalue weighted by atomic mass is 10.0. The number of nitrogens with one attached hydrogen (secondary N) is 1. The Kier molecular flexibility index (Phi) is 11.5. The molecule has 0 spiro atoms. The lowest BCUT2D eigenvalue weighted by Crippen LogP contribution is -2.54. The van der Waals surface area contributed by atoms with Gasteiger partial charge >= 0.3 is 0 Å². The fourth-order valence-corrected chi connectivity index (χ4v) is 7.78. The lowest BCUT2D eigenvalue weighted by molar-refractivity contribution is -0.140. The molecule has 7 nitrogen and oxygen atoms in total. The van der Waals surface area contributed by atoms with Gasteiger partial charge in [0.15, 0.2) is 0 Å². The molecule has 0 aliphatic heterocycles. The molecule has 1 saturated carbocycles. The molecule has 0 heterocycles. The van der Waals surface area contributed by atoms with Gasteiger partial charge < -0.3 is 10.2 Å². The van der Waals surface area contributed by atoms with E-state index in [1.54, 1.807) is 36.4 Å². The molecule has 1 atom stereocenters. The van der Waals surface area contributed by atoms with E-state index in [0.717, 1.165) is 47.7 Å². The maximum Gasteiger partial charge on any atom is 0.264 e. The van der Waals surface area contributed by atoms with Gasteiger partial charge in [0.2, 0.25) is 11.8 Å². The van der Waals surface area contributed by atoms with E-state index < -0.39 is 34.3 Å². The first-order valence-corrected chi connectivity index (χ1v) is 17.7. The third-order valence-corrected chi connectivity index (χ3v) is 10.9. The summed E-state index contributed by atoms with van der Waals surface area (Å²) < 4.78 is 43.2. The van der Waals surface area contributed by atoms with Gasteiger partial charge in [0.1, 0.15) is 18.4 Å². The van der Waals surface area contributed by atoms with Gasteiger partial charge in [-0.3, -0.25) is 13.9 Å². The second kappa shape index (κ2) is 15.5. The van der Waals surface area contributed by atoms with Gasteiger partial charge in [-0.1, -0.05) is 102 Å². The topological polar surface area (TPSA) is 86.8 Å². The number of amides is 2. The van der Waals surface area contributed by atoms with Crippen LogP contribution in [0.25, 0.3) is 0 Å². The summed E-state index contributed by atoms with van der Waals surface area (Å²) in [5.74, 6) is -1.83. The largest absolute Gasteiger partial charge is 0.352 e. The van der Waals surface area contributed by atoms with E-state index >= 15 is 0 Å². The van der Waals surface area contributed by atoms with E-state index in [1.165, 1.54) is 23.1 Å². The Morgan fingerprint density at radius 3 is 2.06 bits per heavy atom. The number of anilines is 1. The zero-order valence-corrected chi connectivity index (χ0v) is 28.4. The summed E-state index contributed by atoms with van der Waals surface area (Å²) in [5, 5.41) is 3.36. The van der Waals surface area contributed by atoms with Crippen molar-refractivity contribution in [2.45, 2.75) is 55.6 Å². The molecule has 1 N–H and O–H groups in total. The monoisotopic (exact) mass is 715 g/mol. The fraction of sp³-hybridized carbons (Fsp3) is 0.257. The molecular weight excluding hydrogens is 684 g/mol. The first-order chi connectivity index (χ1) is 22.5. The number of nitrogens with zero attached hydrogens (tertiary/aromatic N) is 2. The highest BCUT2D eigenvalue weighted by atomic mass is 35.5. The summed E-state index contributed by atoms with van der Waals surface area (Å²) in [7, 11) is -4.37. The van der Waals surface area contributed by atoms with Crippen LogP contribution in [0.1, 0.15) is 36.8 Å². The van der Waals surface area contributed by atoms with Crippen LogP contribution in [0.15, 0.2) is 102 Å². The minimum atomic E-state index is -4.37. The molecule has 2 amide bonds. The average Bonchev–Trinajstić information content (AvgIpc) is 3.58. The quantitative estimate of drug-likeness (QED) is 0.163. The van der Waals surface area contributed by atoms with Crippen LogP contribution in [-0.4, -0.2) is 43.8 Å². The number of rotatable bonds is 12. The summed E-state index contributed by atoms with van der Waals surface area (Å²) in [6, 6.07) is 24.0. The zero-order chi connectivity index (χ0) is 33.6. The molecule has 5 rings (SSSR count). The van der Waals surface area contributed by atoms with Crippen molar-refractivity contribution >= 4 is 62.3 Å². The summed E-state index contributed by atoms with van der Waals surface area (Å²) in [6.45, 7) is -0.917. The van der Waals surface area contributed by atoms with Crippen LogP contribution in [0.5, 0.6) is 0 Å². The molecule has 0 radical (unpaired) electrons. The number of hydrogen-bond acceptors (Lipinski definition) is 4. The van der Waals surface area contributed by atoms with Crippen LogP contribution in [0, 0.1) is 5.82 Å². The molecule has 0 aromatic heterocycles. The Hall–Kier alpha value is -3.63. The van der Waals surface area contributed by atoms with Gasteiger partial charge in [-0.2, -0.15) is 0 Å². The van der Waals surface area contributed by atoms with E-state index in [1.807, 2.05) is 30.3 Å². The molecular formula is C35H33Cl3FN3O4S. The first-order valence-electron chi connectivity index (χ1n) is 15.1. The van der Waals surface area contributed by atoms with E-state index in [9.17, 15) is 22.4 Å². The van der Waals surface area contributed by atoms with Crippen molar-refractivity contribution in [2.24, 2.45) is 0 Å². The minimum Gasteiger partial charge on any atom is -0.352 e. The Morgan fingerprint density at radius 2 is 1.45 bits per heavy atom. The number of halogens is 4. The van der Waals surface area contributed by atoms with E-state index in [2.05, 4.69) is 5.32 Å². The second-order valence-electron chi connectivity index (χ2n) is 11.3. The van der Waals surface area contributed by atoms with Crippen LogP contribution in [0.2, 0.25) is 15.1 Å². The molecule has 4 aromatic carbocycles. The zero-order valence-electron chi connectivity index (χ0n) is 25.3. The Labute approximate surface area is 289 Å². The highest BCUT2D eigenvalue weighted by Gasteiger charge is 2.36. The number of benzene rings is 4. The van der Waals surface area contributed by atoms with Crippen LogP contribution in [-0.2, 0) is 32.6 Å². The van der Waals surface area contributed by atoms with Crippen LogP contribution >= 0.6 is 34.8 Å². The molecule has 1 aliphatic carbocycles. The summed E-state index contributed by atoms with van der Waals surface area (Å²) in [5.41, 5.74) is 1.17. The Bertz CT molecular complexity index is 1800. The molecule has 47 heavy (non-hydrogen) atoms. The smallest absolute Gasteiger partial charge is 0.264 e. The van der Waals surface area contributed by atoms with Crippen molar-refractivity contribution in [3.63, 3.8) is 0 Å². The predicted octanol–water partition coefficient (Wildman–Crippen LogP) is 7.68. The van der Waals surface area contributed by atoms with E-state index in [-0.39, 0.29) is 50.6 Å². The molecule has 0 saturated heterocycles. The van der Waals surface area contributed by atoms with Crippen LogP contribution < -0.4 is 9.62 Å². The van der Waals surface area contributed by atoms with Crippen molar-refractivity contribution in [2.75, 3.05) is 10.8 Å². The maximum absolute atomic E-state index is 14.6. The average molecular weight is 717 g/mol. The van der Waals surface area contributed by atoms with Gasteiger partial charge in [0, 0.05) is 34.6 Å². The Morgan fingerprint density at radius 1 is 0.830 bits per heavy atom. The highest BCUT2D eigenvalue weighted by Crippen LogP contribution is 2.31. The maximum atomic E-state index is 14.6. The predicted molar refractivity (Wildman–Crippen MR) is 184 cm³/mol. The molecule has 4 aromatic rings. The third kappa shape index (κ3) is 8.46. The van der Waals surface area contributed by atoms with Crippen molar-refractivity contribution in [3.05, 3.63) is 129 Å². The summed E-state index contributed by atoms with van der Waals surface area (Å²) >= 11 is 19.2. The third-order valence-electron chi connectivity index (χ3n) is 8.16. The SMILES string of the molecule is O=C(NC1CCCC1)C(Cc1ccccc1)N(Cc1c(Cl)cccc1Cl)C(=O)CN(c1ccc(F)c(Cl)c1)S(=O)(=O)c1ccccc1. The summed E-state index contributed by atoms with van der Waals surface area (Å²) in [4.78, 5) is 29.9. The number of hydrogen-bond donors (Lipinski definition) is 1. The molecule has 1 fully saturated rings. The standard InChI is InChI=1S/C35H33Cl3FN3O4S/c36-29-16-9-17-30(37)28(29)22-41(33(20-24-10-3-1-4-11-24)35(44)40-25-12-7-8-13-25)34(43)23-42(26-18-19-32(39)31(38)21-26)47(45,46)27-14-5-2-6-15-27/h1-6,9-11,14-19,21,25,33H,7-8,12-13,20,22-23H2,(H,40,44). The summed E-state index contributed by atoms with van der Waals surface area (Å²) in [6.07, 6.45) is 3.75. The first kappa shape index (κ1) is 34.7. The van der Waals surface area contributed by atoms with Gasteiger partial charge in [-0.05, 0) is 60.9 Å². The fourth-order valence-electron chi connectivity index (χ4n) is 5.66. The molecule has 1 aliphatic rings. The van der Waals surface area contributed by atoms with Crippen molar-refractivity contribution in [1.29, 1.82) is 0 Å². The molecule has 12 heteroatoms.